The van der Waals surface area contributed by atoms with Crippen LogP contribution in [-0.4, -0.2) is 51.6 Å². The van der Waals surface area contributed by atoms with Crippen molar-refractivity contribution in [3.05, 3.63) is 71.6 Å². The third-order valence-corrected chi connectivity index (χ3v) is 5.87. The number of aryl methyl sites for hydroxylation is 1. The SMILES string of the molecule is CCN1CC=C(C2=CN3CC=C(c4ccc5c(cnn5C)c4)N=C3C=C2)CC1. The molecule has 1 aromatic heterocycles. The summed E-state index contributed by atoms with van der Waals surface area (Å²) in [6, 6.07) is 6.43. The van der Waals surface area contributed by atoms with Gasteiger partial charge < -0.3 is 4.90 Å². The Morgan fingerprint density at radius 2 is 2.04 bits per heavy atom. The van der Waals surface area contributed by atoms with Gasteiger partial charge in [0.1, 0.15) is 5.84 Å². The van der Waals surface area contributed by atoms with Gasteiger partial charge in [-0.25, -0.2) is 4.99 Å². The number of allylic oxidation sites excluding steroid dienone is 2. The Balaban J connectivity index is 1.37. The zero-order valence-electron chi connectivity index (χ0n) is 16.5. The Bertz CT molecular complexity index is 1080. The summed E-state index contributed by atoms with van der Waals surface area (Å²) in [5, 5.41) is 5.48. The molecule has 3 aliphatic heterocycles. The fourth-order valence-corrected chi connectivity index (χ4v) is 4.09. The van der Waals surface area contributed by atoms with E-state index in [1.165, 1.54) is 11.1 Å². The van der Waals surface area contributed by atoms with Crippen LogP contribution in [0.4, 0.5) is 0 Å². The van der Waals surface area contributed by atoms with Crippen molar-refractivity contribution in [3.63, 3.8) is 0 Å². The number of nitrogens with zero attached hydrogens (tertiary/aromatic N) is 5. The third-order valence-electron chi connectivity index (χ3n) is 5.87. The summed E-state index contributed by atoms with van der Waals surface area (Å²) in [7, 11) is 1.97. The molecule has 0 atom stereocenters. The lowest BCUT2D eigenvalue weighted by atomic mass is 9.97. The van der Waals surface area contributed by atoms with Gasteiger partial charge in [0, 0.05) is 43.8 Å². The molecule has 3 aliphatic rings. The fraction of sp³-hybridized carbons (Fsp3) is 0.304. The minimum Gasteiger partial charge on any atom is -0.328 e. The molecule has 0 N–H and O–H groups in total. The Morgan fingerprint density at radius 1 is 1.11 bits per heavy atom. The highest BCUT2D eigenvalue weighted by molar-refractivity contribution is 6.00. The molecule has 5 rings (SSSR count). The second-order valence-electron chi connectivity index (χ2n) is 7.54. The number of benzene rings is 1. The average Bonchev–Trinajstić information content (AvgIpc) is 3.13. The summed E-state index contributed by atoms with van der Waals surface area (Å²) >= 11 is 0. The molecule has 0 radical (unpaired) electrons. The molecule has 0 saturated carbocycles. The summed E-state index contributed by atoms with van der Waals surface area (Å²) in [4.78, 5) is 9.63. The van der Waals surface area contributed by atoms with Crippen molar-refractivity contribution < 1.29 is 0 Å². The number of likely N-dealkylation sites (N-methyl/N-ethyl adjacent to an activating group) is 1. The van der Waals surface area contributed by atoms with E-state index in [0.717, 1.165) is 60.6 Å². The monoisotopic (exact) mass is 371 g/mol. The maximum absolute atomic E-state index is 4.91. The van der Waals surface area contributed by atoms with Crippen molar-refractivity contribution in [3.8, 4) is 0 Å². The van der Waals surface area contributed by atoms with Crippen LogP contribution in [0.5, 0.6) is 0 Å². The van der Waals surface area contributed by atoms with Crippen LogP contribution in [0.3, 0.4) is 0 Å². The second-order valence-corrected chi connectivity index (χ2v) is 7.54. The summed E-state index contributed by atoms with van der Waals surface area (Å²) < 4.78 is 1.90. The summed E-state index contributed by atoms with van der Waals surface area (Å²) in [5.74, 6) is 1.01. The largest absolute Gasteiger partial charge is 0.328 e. The number of hydrogen-bond acceptors (Lipinski definition) is 4. The smallest absolute Gasteiger partial charge is 0.133 e. The van der Waals surface area contributed by atoms with Crippen molar-refractivity contribution in [1.82, 2.24) is 19.6 Å². The van der Waals surface area contributed by atoms with E-state index in [9.17, 15) is 0 Å². The van der Waals surface area contributed by atoms with Gasteiger partial charge in [-0.05, 0) is 54.5 Å². The summed E-state index contributed by atoms with van der Waals surface area (Å²) in [6.45, 7) is 6.40. The number of hydrogen-bond donors (Lipinski definition) is 0. The number of aromatic nitrogens is 2. The first kappa shape index (κ1) is 17.2. The van der Waals surface area contributed by atoms with Crippen LogP contribution in [0.1, 0.15) is 18.9 Å². The van der Waals surface area contributed by atoms with Crippen LogP contribution in [0.15, 0.2) is 71.0 Å². The highest BCUT2D eigenvalue weighted by atomic mass is 15.2. The van der Waals surface area contributed by atoms with Crippen LogP contribution in [0.2, 0.25) is 0 Å². The molecule has 5 heteroatoms. The Kier molecular flexibility index (Phi) is 4.24. The lowest BCUT2D eigenvalue weighted by Crippen LogP contribution is -2.31. The van der Waals surface area contributed by atoms with Crippen molar-refractivity contribution in [2.75, 3.05) is 26.2 Å². The molecule has 142 valence electrons. The molecule has 0 amide bonds. The Morgan fingerprint density at radius 3 is 2.86 bits per heavy atom. The molecule has 0 unspecified atom stereocenters. The van der Waals surface area contributed by atoms with Gasteiger partial charge in [-0.2, -0.15) is 5.10 Å². The Labute approximate surface area is 165 Å². The molecule has 4 heterocycles. The summed E-state index contributed by atoms with van der Waals surface area (Å²) in [5.41, 5.74) is 6.10. The maximum Gasteiger partial charge on any atom is 0.133 e. The lowest BCUT2D eigenvalue weighted by molar-refractivity contribution is 0.311. The molecular weight excluding hydrogens is 346 g/mol. The first-order valence-corrected chi connectivity index (χ1v) is 10.0. The summed E-state index contributed by atoms with van der Waals surface area (Å²) in [6.07, 6.45) is 14.2. The van der Waals surface area contributed by atoms with E-state index < -0.39 is 0 Å². The second kappa shape index (κ2) is 6.91. The van der Waals surface area contributed by atoms with Gasteiger partial charge in [-0.15, -0.1) is 0 Å². The predicted molar refractivity (Wildman–Crippen MR) is 115 cm³/mol. The Hall–Kier alpha value is -2.92. The van der Waals surface area contributed by atoms with Crippen LogP contribution in [-0.2, 0) is 7.05 Å². The quantitative estimate of drug-likeness (QED) is 0.825. The van der Waals surface area contributed by atoms with Crippen LogP contribution >= 0.6 is 0 Å². The number of aliphatic imine (C=N–C) groups is 1. The molecule has 28 heavy (non-hydrogen) atoms. The maximum atomic E-state index is 4.91. The van der Waals surface area contributed by atoms with E-state index in [1.807, 2.05) is 17.9 Å². The first-order valence-electron chi connectivity index (χ1n) is 10.0. The van der Waals surface area contributed by atoms with Gasteiger partial charge in [-0.3, -0.25) is 9.58 Å². The van der Waals surface area contributed by atoms with Gasteiger partial charge >= 0.3 is 0 Å². The van der Waals surface area contributed by atoms with Crippen LogP contribution in [0, 0.1) is 0 Å². The van der Waals surface area contributed by atoms with Crippen molar-refractivity contribution in [1.29, 1.82) is 0 Å². The third kappa shape index (κ3) is 3.02. The molecule has 2 aromatic rings. The standard InChI is InChI=1S/C23H25N5/c1-3-27-11-8-17(9-12-27)19-5-7-23-25-21(10-13-28(23)16-19)18-4-6-22-20(14-18)15-24-26(22)2/h4-8,10,14-16H,3,9,11-13H2,1-2H3. The molecule has 0 aliphatic carbocycles. The molecular formula is C23H25N5. The molecule has 0 saturated heterocycles. The normalized spacial score (nSPS) is 19.9. The predicted octanol–water partition coefficient (Wildman–Crippen LogP) is 3.73. The van der Waals surface area contributed by atoms with Crippen molar-refractivity contribution in [2.45, 2.75) is 13.3 Å². The van der Waals surface area contributed by atoms with Crippen molar-refractivity contribution >= 4 is 22.4 Å². The highest BCUT2D eigenvalue weighted by Crippen LogP contribution is 2.28. The van der Waals surface area contributed by atoms with Gasteiger partial charge in [0.05, 0.1) is 17.4 Å². The lowest BCUT2D eigenvalue weighted by Gasteiger charge is -2.30. The molecule has 0 fully saturated rings. The van der Waals surface area contributed by atoms with E-state index in [0.29, 0.717) is 0 Å². The highest BCUT2D eigenvalue weighted by Gasteiger charge is 2.20. The fourth-order valence-electron chi connectivity index (χ4n) is 4.09. The van der Waals surface area contributed by atoms with E-state index in [4.69, 9.17) is 4.99 Å². The average molecular weight is 371 g/mol. The van der Waals surface area contributed by atoms with Crippen LogP contribution < -0.4 is 0 Å². The molecule has 1 aromatic carbocycles. The molecule has 0 bridgehead atoms. The molecule has 0 spiro atoms. The zero-order chi connectivity index (χ0) is 19.1. The van der Waals surface area contributed by atoms with E-state index in [1.54, 1.807) is 0 Å². The number of fused-ring (bicyclic) bond motifs is 2. The first-order chi connectivity index (χ1) is 13.7. The van der Waals surface area contributed by atoms with Crippen LogP contribution in [0.25, 0.3) is 16.6 Å². The number of amidine groups is 1. The minimum atomic E-state index is 0.849. The van der Waals surface area contributed by atoms with E-state index in [-0.39, 0.29) is 0 Å². The van der Waals surface area contributed by atoms with Crippen molar-refractivity contribution in [2.24, 2.45) is 12.0 Å². The van der Waals surface area contributed by atoms with Gasteiger partial charge in [0.2, 0.25) is 0 Å². The minimum absolute atomic E-state index is 0.849. The molecule has 5 nitrogen and oxygen atoms in total. The topological polar surface area (TPSA) is 36.7 Å². The van der Waals surface area contributed by atoms with E-state index in [2.05, 4.69) is 70.5 Å². The van der Waals surface area contributed by atoms with Gasteiger partial charge in [-0.1, -0.05) is 19.1 Å². The van der Waals surface area contributed by atoms with Gasteiger partial charge in [0.15, 0.2) is 0 Å². The van der Waals surface area contributed by atoms with E-state index >= 15 is 0 Å². The number of rotatable bonds is 3. The zero-order valence-corrected chi connectivity index (χ0v) is 16.5. The van der Waals surface area contributed by atoms with Gasteiger partial charge in [0.25, 0.3) is 0 Å².